The summed E-state index contributed by atoms with van der Waals surface area (Å²) < 4.78 is 21.7. The second kappa shape index (κ2) is 10.7. The van der Waals surface area contributed by atoms with E-state index >= 15 is 0 Å². The Hall–Kier alpha value is -3.97. The van der Waals surface area contributed by atoms with Gasteiger partial charge in [0.1, 0.15) is 11.5 Å². The molecule has 184 valence electrons. The van der Waals surface area contributed by atoms with Crippen LogP contribution in [0, 0.1) is 11.7 Å². The maximum atomic E-state index is 14.5. The smallest absolute Gasteiger partial charge is 0.272 e. The van der Waals surface area contributed by atoms with Gasteiger partial charge in [-0.15, -0.1) is 0 Å². The Morgan fingerprint density at radius 2 is 1.64 bits per heavy atom. The normalized spacial score (nSPS) is 14.0. The van der Waals surface area contributed by atoms with Gasteiger partial charge in [-0.2, -0.15) is 0 Å². The van der Waals surface area contributed by atoms with Crippen molar-refractivity contribution in [3.8, 4) is 0 Å². The first kappa shape index (κ1) is 23.8. The highest BCUT2D eigenvalue weighted by atomic mass is 19.1. The average Bonchev–Trinajstić information content (AvgIpc) is 3.24. The summed E-state index contributed by atoms with van der Waals surface area (Å²) in [5, 5.41) is 6.69. The number of amides is 2. The number of nitrogens with one attached hydrogen (secondary N) is 2. The molecule has 1 aliphatic rings. The van der Waals surface area contributed by atoms with Crippen molar-refractivity contribution in [2.75, 3.05) is 23.8 Å². The standard InChI is InChI=1S/C29H28FN3O3/c30-25-9-5-4-6-21(25)19-33-26-11-10-24(31-28(34)16-20-12-14-36-15-13-20)17-22(26)18-27(33)29(35)32-23-7-2-1-3-8-23/h1-11,17-18,20H,12-16,19H2,(H,31,34)(H,32,35). The minimum atomic E-state index is -0.328. The van der Waals surface area contributed by atoms with Crippen LogP contribution in [0.4, 0.5) is 15.8 Å². The monoisotopic (exact) mass is 485 g/mol. The molecule has 36 heavy (non-hydrogen) atoms. The van der Waals surface area contributed by atoms with Crippen molar-refractivity contribution in [3.05, 3.63) is 95.9 Å². The third-order valence-electron chi connectivity index (χ3n) is 6.55. The van der Waals surface area contributed by atoms with Crippen molar-refractivity contribution in [2.24, 2.45) is 5.92 Å². The molecular formula is C29H28FN3O3. The predicted octanol–water partition coefficient (Wildman–Crippen LogP) is 5.84. The molecule has 2 amide bonds. The first-order valence-electron chi connectivity index (χ1n) is 12.2. The van der Waals surface area contributed by atoms with Crippen LogP contribution < -0.4 is 10.6 Å². The molecule has 3 aromatic carbocycles. The Labute approximate surface area is 209 Å². The summed E-state index contributed by atoms with van der Waals surface area (Å²) in [6.45, 7) is 1.60. The summed E-state index contributed by atoms with van der Waals surface area (Å²) >= 11 is 0. The molecule has 0 saturated carbocycles. The number of rotatable bonds is 7. The third kappa shape index (κ3) is 5.47. The van der Waals surface area contributed by atoms with Crippen molar-refractivity contribution in [2.45, 2.75) is 25.8 Å². The van der Waals surface area contributed by atoms with Crippen LogP contribution in [0.1, 0.15) is 35.3 Å². The first-order chi connectivity index (χ1) is 17.6. The van der Waals surface area contributed by atoms with Gasteiger partial charge >= 0.3 is 0 Å². The summed E-state index contributed by atoms with van der Waals surface area (Å²) in [4.78, 5) is 25.9. The molecule has 2 heterocycles. The van der Waals surface area contributed by atoms with Crippen molar-refractivity contribution in [1.29, 1.82) is 0 Å². The Balaban J connectivity index is 1.44. The molecule has 2 N–H and O–H groups in total. The van der Waals surface area contributed by atoms with E-state index in [9.17, 15) is 14.0 Å². The predicted molar refractivity (Wildman–Crippen MR) is 139 cm³/mol. The molecule has 0 atom stereocenters. The van der Waals surface area contributed by atoms with Crippen LogP contribution in [0.25, 0.3) is 10.9 Å². The molecule has 6 nitrogen and oxygen atoms in total. The summed E-state index contributed by atoms with van der Waals surface area (Å²) in [7, 11) is 0. The molecule has 0 spiro atoms. The molecule has 5 rings (SSSR count). The lowest BCUT2D eigenvalue weighted by molar-refractivity contribution is -0.117. The number of aromatic nitrogens is 1. The number of para-hydroxylation sites is 1. The molecule has 1 saturated heterocycles. The number of fused-ring (bicyclic) bond motifs is 1. The first-order valence-corrected chi connectivity index (χ1v) is 12.2. The maximum absolute atomic E-state index is 14.5. The van der Waals surface area contributed by atoms with E-state index in [2.05, 4.69) is 10.6 Å². The van der Waals surface area contributed by atoms with Crippen LogP contribution in [-0.2, 0) is 16.1 Å². The number of hydrogen-bond donors (Lipinski definition) is 2. The Morgan fingerprint density at radius 3 is 2.42 bits per heavy atom. The van der Waals surface area contributed by atoms with E-state index in [4.69, 9.17) is 4.74 Å². The summed E-state index contributed by atoms with van der Waals surface area (Å²) in [5.41, 5.74) is 3.00. The number of halogens is 1. The van der Waals surface area contributed by atoms with Gasteiger partial charge in [0.25, 0.3) is 5.91 Å². The molecule has 0 radical (unpaired) electrons. The highest BCUT2D eigenvalue weighted by Gasteiger charge is 2.20. The van der Waals surface area contributed by atoms with Crippen LogP contribution in [0.15, 0.2) is 78.9 Å². The number of nitrogens with zero attached hydrogens (tertiary/aromatic N) is 1. The van der Waals surface area contributed by atoms with Crippen LogP contribution >= 0.6 is 0 Å². The topological polar surface area (TPSA) is 72.4 Å². The van der Waals surface area contributed by atoms with E-state index in [-0.39, 0.29) is 24.2 Å². The van der Waals surface area contributed by atoms with Crippen LogP contribution in [-0.4, -0.2) is 29.6 Å². The molecular weight excluding hydrogens is 457 g/mol. The lowest BCUT2D eigenvalue weighted by atomic mass is 9.96. The highest BCUT2D eigenvalue weighted by molar-refractivity contribution is 6.07. The average molecular weight is 486 g/mol. The van der Waals surface area contributed by atoms with Crippen molar-refractivity contribution >= 4 is 34.1 Å². The quantitative estimate of drug-likeness (QED) is 0.346. The fourth-order valence-electron chi connectivity index (χ4n) is 4.65. The number of hydrogen-bond acceptors (Lipinski definition) is 3. The van der Waals surface area contributed by atoms with Gasteiger partial charge in [0.05, 0.1) is 6.54 Å². The highest BCUT2D eigenvalue weighted by Crippen LogP contribution is 2.27. The van der Waals surface area contributed by atoms with E-state index in [1.807, 2.05) is 48.5 Å². The van der Waals surface area contributed by atoms with Gasteiger partial charge in [-0.25, -0.2) is 4.39 Å². The summed E-state index contributed by atoms with van der Waals surface area (Å²) in [5.74, 6) is -0.323. The second-order valence-corrected chi connectivity index (χ2v) is 9.11. The summed E-state index contributed by atoms with van der Waals surface area (Å²) in [6.07, 6.45) is 2.25. The Bertz CT molecular complexity index is 1380. The van der Waals surface area contributed by atoms with E-state index < -0.39 is 0 Å². The van der Waals surface area contributed by atoms with Gasteiger partial charge in [0, 0.05) is 47.5 Å². The Morgan fingerprint density at radius 1 is 0.889 bits per heavy atom. The SMILES string of the molecule is O=C(CC1CCOCC1)Nc1ccc2c(c1)cc(C(=O)Nc1ccccc1)n2Cc1ccccc1F. The molecule has 0 aliphatic carbocycles. The molecule has 4 aromatic rings. The lowest BCUT2D eigenvalue weighted by Gasteiger charge is -2.21. The van der Waals surface area contributed by atoms with Gasteiger partial charge in [0.15, 0.2) is 0 Å². The van der Waals surface area contributed by atoms with Crippen LogP contribution in [0.5, 0.6) is 0 Å². The molecule has 1 aromatic heterocycles. The zero-order valence-corrected chi connectivity index (χ0v) is 19.9. The van der Waals surface area contributed by atoms with Crippen molar-refractivity contribution in [3.63, 3.8) is 0 Å². The lowest BCUT2D eigenvalue weighted by Crippen LogP contribution is -2.22. The second-order valence-electron chi connectivity index (χ2n) is 9.11. The largest absolute Gasteiger partial charge is 0.381 e. The number of anilines is 2. The molecule has 1 aliphatic heterocycles. The van der Waals surface area contributed by atoms with Crippen molar-refractivity contribution in [1.82, 2.24) is 4.57 Å². The van der Waals surface area contributed by atoms with Gasteiger partial charge in [0.2, 0.25) is 5.91 Å². The van der Waals surface area contributed by atoms with Crippen molar-refractivity contribution < 1.29 is 18.7 Å². The fourth-order valence-corrected chi connectivity index (χ4v) is 4.65. The summed E-state index contributed by atoms with van der Waals surface area (Å²) in [6, 6.07) is 23.1. The zero-order chi connectivity index (χ0) is 24.9. The molecule has 1 fully saturated rings. The minimum absolute atomic E-state index is 0.0333. The van der Waals surface area contributed by atoms with Gasteiger partial charge < -0.3 is 19.9 Å². The van der Waals surface area contributed by atoms with Crippen LogP contribution in [0.3, 0.4) is 0 Å². The molecule has 7 heteroatoms. The Kier molecular flexibility index (Phi) is 7.09. The van der Waals surface area contributed by atoms with Gasteiger partial charge in [-0.1, -0.05) is 36.4 Å². The van der Waals surface area contributed by atoms with Gasteiger partial charge in [-0.3, -0.25) is 9.59 Å². The van der Waals surface area contributed by atoms with E-state index in [1.54, 1.807) is 28.8 Å². The number of carbonyl (C=O) groups is 2. The van der Waals surface area contributed by atoms with Crippen LogP contribution in [0.2, 0.25) is 0 Å². The minimum Gasteiger partial charge on any atom is -0.381 e. The van der Waals surface area contributed by atoms with E-state index in [0.717, 1.165) is 23.7 Å². The van der Waals surface area contributed by atoms with Gasteiger partial charge in [-0.05, 0) is 61.2 Å². The van der Waals surface area contributed by atoms with E-state index in [0.29, 0.717) is 48.2 Å². The molecule has 0 bridgehead atoms. The fraction of sp³-hybridized carbons (Fsp3) is 0.241. The number of carbonyl (C=O) groups excluding carboxylic acids is 2. The molecule has 0 unspecified atom stereocenters. The number of benzene rings is 3. The zero-order valence-electron chi connectivity index (χ0n) is 19.9. The maximum Gasteiger partial charge on any atom is 0.272 e. The third-order valence-corrected chi connectivity index (χ3v) is 6.55. The van der Waals surface area contributed by atoms with E-state index in [1.165, 1.54) is 6.07 Å². The number of ether oxygens (including phenoxy) is 1.